The third-order valence-electron chi connectivity index (χ3n) is 2.61. The van der Waals surface area contributed by atoms with E-state index in [2.05, 4.69) is 26.2 Å². The highest BCUT2D eigenvalue weighted by atomic mass is 79.9. The number of nitro groups is 1. The van der Waals surface area contributed by atoms with Gasteiger partial charge >= 0.3 is 0 Å². The molecule has 0 atom stereocenters. The maximum Gasteiger partial charge on any atom is 0.273 e. The van der Waals surface area contributed by atoms with E-state index < -0.39 is 4.92 Å². The number of aromatic nitrogens is 1. The molecule has 2 rings (SSSR count). The average Bonchev–Trinajstić information content (AvgIpc) is 2.46. The molecule has 1 heterocycles. The topological polar surface area (TPSA) is 77.3 Å². The Morgan fingerprint density at radius 2 is 2.20 bits per heavy atom. The van der Waals surface area contributed by atoms with Gasteiger partial charge in [-0.15, -0.1) is 0 Å². The van der Waals surface area contributed by atoms with Crippen molar-refractivity contribution in [3.63, 3.8) is 0 Å². The molecule has 1 N–H and O–H groups in total. The smallest absolute Gasteiger partial charge is 0.273 e. The number of ether oxygens (including phenoxy) is 1. The summed E-state index contributed by atoms with van der Waals surface area (Å²) in [5.41, 5.74) is 1.65. The summed E-state index contributed by atoms with van der Waals surface area (Å²) in [6.07, 6.45) is 1.67. The van der Waals surface area contributed by atoms with Crippen LogP contribution in [-0.2, 0) is 6.61 Å². The number of rotatable bonds is 5. The summed E-state index contributed by atoms with van der Waals surface area (Å²) < 4.78 is 6.23. The van der Waals surface area contributed by atoms with Crippen LogP contribution in [0.5, 0.6) is 5.75 Å². The summed E-state index contributed by atoms with van der Waals surface area (Å²) in [7, 11) is 1.82. The predicted octanol–water partition coefficient (Wildman–Crippen LogP) is 3.37. The standard InChI is InChI=1S/C13H12BrN3O3/c1-15-9-4-5-16-10(6-9)8-20-13-7-11(17(18)19)2-3-12(13)14/h2-7H,8H2,1H3,(H,15,16). The van der Waals surface area contributed by atoms with Gasteiger partial charge in [0.25, 0.3) is 5.69 Å². The lowest BCUT2D eigenvalue weighted by atomic mass is 10.3. The first-order valence-electron chi connectivity index (χ1n) is 5.79. The highest BCUT2D eigenvalue weighted by molar-refractivity contribution is 9.10. The molecule has 6 nitrogen and oxygen atoms in total. The van der Waals surface area contributed by atoms with Gasteiger partial charge < -0.3 is 10.1 Å². The van der Waals surface area contributed by atoms with Crippen molar-refractivity contribution in [1.82, 2.24) is 4.98 Å². The zero-order chi connectivity index (χ0) is 14.5. The number of anilines is 1. The second kappa shape index (κ2) is 6.33. The molecule has 0 aliphatic heterocycles. The lowest BCUT2D eigenvalue weighted by Crippen LogP contribution is -2.00. The van der Waals surface area contributed by atoms with E-state index in [1.54, 1.807) is 12.3 Å². The second-order valence-electron chi connectivity index (χ2n) is 3.95. The van der Waals surface area contributed by atoms with Crippen molar-refractivity contribution in [3.8, 4) is 5.75 Å². The maximum absolute atomic E-state index is 10.7. The van der Waals surface area contributed by atoms with Crippen LogP contribution < -0.4 is 10.1 Å². The molecule has 104 valence electrons. The van der Waals surface area contributed by atoms with Gasteiger partial charge in [0.05, 0.1) is 21.2 Å². The van der Waals surface area contributed by atoms with E-state index >= 15 is 0 Å². The molecule has 0 saturated carbocycles. The Morgan fingerprint density at radius 3 is 2.90 bits per heavy atom. The normalized spacial score (nSPS) is 10.1. The number of benzene rings is 1. The number of hydrogen-bond acceptors (Lipinski definition) is 5. The molecule has 1 aromatic carbocycles. The SMILES string of the molecule is CNc1ccnc(COc2cc([N+](=O)[O-])ccc2Br)c1. The van der Waals surface area contributed by atoms with Gasteiger partial charge in [-0.05, 0) is 34.1 Å². The van der Waals surface area contributed by atoms with Crippen molar-refractivity contribution in [2.45, 2.75) is 6.61 Å². The fraction of sp³-hybridized carbons (Fsp3) is 0.154. The molecule has 7 heteroatoms. The molecule has 0 fully saturated rings. The molecule has 0 bridgehead atoms. The Hall–Kier alpha value is -2.15. The zero-order valence-electron chi connectivity index (χ0n) is 10.7. The largest absolute Gasteiger partial charge is 0.486 e. The van der Waals surface area contributed by atoms with Gasteiger partial charge in [0.2, 0.25) is 0 Å². The molecule has 2 aromatic rings. The van der Waals surface area contributed by atoms with E-state index in [-0.39, 0.29) is 12.3 Å². The van der Waals surface area contributed by atoms with Crippen LogP contribution in [0.3, 0.4) is 0 Å². The van der Waals surface area contributed by atoms with Crippen LogP contribution in [0, 0.1) is 10.1 Å². The van der Waals surface area contributed by atoms with Gasteiger partial charge in [-0.25, -0.2) is 0 Å². The Kier molecular flexibility index (Phi) is 4.52. The van der Waals surface area contributed by atoms with Gasteiger partial charge in [0.1, 0.15) is 12.4 Å². The summed E-state index contributed by atoms with van der Waals surface area (Å²) in [6.45, 7) is 0.231. The Morgan fingerprint density at radius 1 is 1.40 bits per heavy atom. The third kappa shape index (κ3) is 3.45. The summed E-state index contributed by atoms with van der Waals surface area (Å²) in [6, 6.07) is 8.08. The van der Waals surface area contributed by atoms with Crippen LogP contribution >= 0.6 is 15.9 Å². The summed E-state index contributed by atoms with van der Waals surface area (Å²) >= 11 is 3.30. The lowest BCUT2D eigenvalue weighted by molar-refractivity contribution is -0.385. The minimum Gasteiger partial charge on any atom is -0.486 e. The maximum atomic E-state index is 10.7. The summed E-state index contributed by atoms with van der Waals surface area (Å²) in [4.78, 5) is 14.5. The Bertz CT molecular complexity index is 634. The number of nitrogens with one attached hydrogen (secondary N) is 1. The number of nitrogens with zero attached hydrogens (tertiary/aromatic N) is 2. The van der Waals surface area contributed by atoms with E-state index in [1.165, 1.54) is 12.1 Å². The van der Waals surface area contributed by atoms with Crippen molar-refractivity contribution < 1.29 is 9.66 Å². The molecule has 0 saturated heterocycles. The summed E-state index contributed by atoms with van der Waals surface area (Å²) in [5, 5.41) is 13.7. The minimum atomic E-state index is -0.459. The molecule has 20 heavy (non-hydrogen) atoms. The third-order valence-corrected chi connectivity index (χ3v) is 3.26. The lowest BCUT2D eigenvalue weighted by Gasteiger charge is -2.08. The molecule has 0 amide bonds. The molecular formula is C13H12BrN3O3. The van der Waals surface area contributed by atoms with Crippen molar-refractivity contribution in [1.29, 1.82) is 0 Å². The van der Waals surface area contributed by atoms with Crippen molar-refractivity contribution in [2.75, 3.05) is 12.4 Å². The molecule has 0 aliphatic rings. The van der Waals surface area contributed by atoms with Gasteiger partial charge in [-0.2, -0.15) is 0 Å². The highest BCUT2D eigenvalue weighted by Gasteiger charge is 2.10. The average molecular weight is 338 g/mol. The Labute approximate surface area is 124 Å². The van der Waals surface area contributed by atoms with Crippen LogP contribution in [0.4, 0.5) is 11.4 Å². The molecule has 1 aromatic heterocycles. The van der Waals surface area contributed by atoms with Gasteiger partial charge in [-0.3, -0.25) is 15.1 Å². The van der Waals surface area contributed by atoms with Crippen LogP contribution in [0.15, 0.2) is 41.0 Å². The number of halogens is 1. The highest BCUT2D eigenvalue weighted by Crippen LogP contribution is 2.29. The number of hydrogen-bond donors (Lipinski definition) is 1. The molecule has 0 unspecified atom stereocenters. The van der Waals surface area contributed by atoms with Crippen LogP contribution in [-0.4, -0.2) is 17.0 Å². The van der Waals surface area contributed by atoms with E-state index in [0.29, 0.717) is 10.2 Å². The first kappa shape index (κ1) is 14.3. The van der Waals surface area contributed by atoms with E-state index in [1.807, 2.05) is 19.2 Å². The molecular weight excluding hydrogens is 326 g/mol. The van der Waals surface area contributed by atoms with Gasteiger partial charge in [0, 0.05) is 25.0 Å². The fourth-order valence-corrected chi connectivity index (χ4v) is 1.94. The fourth-order valence-electron chi connectivity index (χ4n) is 1.58. The first-order chi connectivity index (χ1) is 9.60. The monoisotopic (exact) mass is 337 g/mol. The van der Waals surface area contributed by atoms with Gasteiger partial charge in [0.15, 0.2) is 0 Å². The molecule has 0 radical (unpaired) electrons. The van der Waals surface area contributed by atoms with Crippen molar-refractivity contribution in [3.05, 3.63) is 56.8 Å². The second-order valence-corrected chi connectivity index (χ2v) is 4.80. The van der Waals surface area contributed by atoms with Crippen LogP contribution in [0.25, 0.3) is 0 Å². The quantitative estimate of drug-likeness (QED) is 0.668. The summed E-state index contributed by atoms with van der Waals surface area (Å²) in [5.74, 6) is 0.413. The first-order valence-corrected chi connectivity index (χ1v) is 6.59. The van der Waals surface area contributed by atoms with Crippen molar-refractivity contribution >= 4 is 27.3 Å². The van der Waals surface area contributed by atoms with Crippen LogP contribution in [0.2, 0.25) is 0 Å². The number of nitro benzene ring substituents is 1. The number of pyridine rings is 1. The van der Waals surface area contributed by atoms with Gasteiger partial charge in [-0.1, -0.05) is 0 Å². The minimum absolute atomic E-state index is 0.0138. The van der Waals surface area contributed by atoms with E-state index in [9.17, 15) is 10.1 Å². The molecule has 0 spiro atoms. The van der Waals surface area contributed by atoms with E-state index in [0.717, 1.165) is 11.4 Å². The predicted molar refractivity (Wildman–Crippen MR) is 78.9 cm³/mol. The van der Waals surface area contributed by atoms with Crippen LogP contribution in [0.1, 0.15) is 5.69 Å². The Balaban J connectivity index is 2.13. The zero-order valence-corrected chi connectivity index (χ0v) is 12.3. The van der Waals surface area contributed by atoms with Crippen molar-refractivity contribution in [2.24, 2.45) is 0 Å². The molecule has 0 aliphatic carbocycles. The van der Waals surface area contributed by atoms with E-state index in [4.69, 9.17) is 4.74 Å². The number of non-ortho nitro benzene ring substituents is 1.